The number of furan rings is 1. The van der Waals surface area contributed by atoms with E-state index in [2.05, 4.69) is 556 Å². The maximum absolute atomic E-state index is 5.82. The lowest BCUT2D eigenvalue weighted by Gasteiger charge is -2.25. The van der Waals surface area contributed by atoms with Crippen LogP contribution in [0.25, 0.3) is 146 Å². The molecule has 5 nitrogen and oxygen atoms in total. The van der Waals surface area contributed by atoms with Crippen LogP contribution < -0.4 is 4.90 Å². The number of benzene rings is 18. The smallest absolute Gasteiger partial charge is 0.135 e. The highest BCUT2D eigenvalue weighted by Gasteiger charge is 2.25. The molecule has 18 aromatic carbocycles. The molecule has 0 spiro atoms. The van der Waals surface area contributed by atoms with Gasteiger partial charge in [0.1, 0.15) is 11.2 Å². The first kappa shape index (κ1) is 91.9. The van der Waals surface area contributed by atoms with Crippen molar-refractivity contribution in [2.75, 3.05) is 4.90 Å². The normalized spacial score (nSPS) is 12.0. The molecule has 23 rings (SSSR count). The van der Waals surface area contributed by atoms with Gasteiger partial charge in [0.15, 0.2) is 0 Å². The van der Waals surface area contributed by atoms with E-state index < -0.39 is 0 Å². The first-order valence-corrected chi connectivity index (χ1v) is 48.8. The van der Waals surface area contributed by atoms with Crippen LogP contribution in [0.3, 0.4) is 0 Å². The van der Waals surface area contributed by atoms with Gasteiger partial charge in [-0.15, -0.1) is 11.3 Å². The summed E-state index contributed by atoms with van der Waals surface area (Å²) in [4.78, 5) is 2.28. The summed E-state index contributed by atoms with van der Waals surface area (Å²) in [6.07, 6.45) is 0. The Kier molecular flexibility index (Phi) is 25.5. The third kappa shape index (κ3) is 19.3. The monoisotopic (exact) mass is 1790 g/mol. The van der Waals surface area contributed by atoms with E-state index in [1.165, 1.54) is 169 Å². The van der Waals surface area contributed by atoms with E-state index in [1.54, 1.807) is 0 Å². The molecule has 136 heavy (non-hydrogen) atoms. The molecule has 0 saturated carbocycles. The van der Waals surface area contributed by atoms with Gasteiger partial charge >= 0.3 is 0 Å². The van der Waals surface area contributed by atoms with Crippen LogP contribution in [0.5, 0.6) is 0 Å². The van der Waals surface area contributed by atoms with Crippen LogP contribution >= 0.6 is 11.3 Å². The zero-order valence-corrected chi connectivity index (χ0v) is 82.8. The molecule has 0 amide bonds. The summed E-state index contributed by atoms with van der Waals surface area (Å²) in [5.74, 6) is 0. The number of para-hydroxylation sites is 8. The van der Waals surface area contributed by atoms with E-state index >= 15 is 0 Å². The Bertz CT molecular complexity index is 7980. The van der Waals surface area contributed by atoms with Gasteiger partial charge in [-0.2, -0.15) is 0 Å². The molecule has 0 fully saturated rings. The molecule has 0 atom stereocenters. The fourth-order valence-corrected chi connectivity index (χ4v) is 19.7. The summed E-state index contributed by atoms with van der Waals surface area (Å²) in [5.41, 5.74) is 28.3. The highest BCUT2D eigenvalue weighted by Crippen LogP contribution is 2.44. The van der Waals surface area contributed by atoms with Crippen molar-refractivity contribution in [3.63, 3.8) is 0 Å². The Labute approximate surface area is 807 Å². The van der Waals surface area contributed by atoms with Crippen molar-refractivity contribution in [3.8, 4) is 28.2 Å². The van der Waals surface area contributed by atoms with Gasteiger partial charge < -0.3 is 23.0 Å². The molecule has 0 aliphatic heterocycles. The Morgan fingerprint density at radius 2 is 0.522 bits per heavy atom. The van der Waals surface area contributed by atoms with E-state index in [4.69, 9.17) is 4.42 Å². The van der Waals surface area contributed by atoms with Crippen molar-refractivity contribution >= 4 is 147 Å². The number of anilines is 3. The van der Waals surface area contributed by atoms with E-state index in [0.717, 1.165) is 28.2 Å². The highest BCUT2D eigenvalue weighted by atomic mass is 32.1. The maximum atomic E-state index is 5.82. The van der Waals surface area contributed by atoms with Gasteiger partial charge in [-0.25, -0.2) is 0 Å². The maximum Gasteiger partial charge on any atom is 0.135 e. The molecule has 676 valence electrons. The van der Waals surface area contributed by atoms with E-state index in [1.807, 2.05) is 23.5 Å². The molecule has 0 bridgehead atoms. The summed E-state index contributed by atoms with van der Waals surface area (Å²) < 4.78 is 15.7. The molecule has 5 aromatic heterocycles. The number of nitrogens with zero attached hydrogens (tertiary/aromatic N) is 4. The Morgan fingerprint density at radius 3 is 1.04 bits per heavy atom. The summed E-state index contributed by atoms with van der Waals surface area (Å²) in [5, 5.41) is 15.8. The number of aromatic nitrogens is 3. The van der Waals surface area contributed by atoms with E-state index in [0.29, 0.717) is 0 Å². The van der Waals surface area contributed by atoms with Crippen LogP contribution in [0.2, 0.25) is 0 Å². The third-order valence-electron chi connectivity index (χ3n) is 26.4. The Morgan fingerprint density at radius 1 is 0.199 bits per heavy atom. The van der Waals surface area contributed by atoms with E-state index in [-0.39, 0.29) is 32.5 Å². The second-order valence-electron chi connectivity index (χ2n) is 42.2. The average molecular weight is 1790 g/mol. The lowest BCUT2D eigenvalue weighted by atomic mass is 9.86. The Hall–Kier alpha value is -14.6. The molecule has 0 unspecified atom stereocenters. The van der Waals surface area contributed by atoms with Crippen molar-refractivity contribution in [2.24, 2.45) is 0 Å². The largest absolute Gasteiger partial charge is 0.456 e. The molecule has 0 aliphatic carbocycles. The third-order valence-corrected chi connectivity index (χ3v) is 27.5. The topological polar surface area (TPSA) is 31.2 Å². The van der Waals surface area contributed by atoms with Crippen molar-refractivity contribution in [1.29, 1.82) is 0 Å². The minimum atomic E-state index is 0.125. The molecule has 6 heteroatoms. The second kappa shape index (κ2) is 37.7. The summed E-state index contributed by atoms with van der Waals surface area (Å²) >= 11 is 1.88. The quantitative estimate of drug-likeness (QED) is 0.159. The highest BCUT2D eigenvalue weighted by molar-refractivity contribution is 7.25. The second-order valence-corrected chi connectivity index (χ2v) is 43.3. The van der Waals surface area contributed by atoms with Gasteiger partial charge in [-0.05, 0) is 245 Å². The molecule has 0 aliphatic rings. The van der Waals surface area contributed by atoms with Gasteiger partial charge in [0.25, 0.3) is 0 Å². The molecule has 0 saturated heterocycles. The van der Waals surface area contributed by atoms with Crippen LogP contribution in [-0.2, 0) is 32.5 Å². The zero-order chi connectivity index (χ0) is 95.0. The van der Waals surface area contributed by atoms with Gasteiger partial charge in [0.05, 0.1) is 33.1 Å². The molecular weight excluding hydrogens is 1670 g/mol. The molecule has 0 N–H and O–H groups in total. The van der Waals surface area contributed by atoms with Crippen LogP contribution in [-0.4, -0.2) is 13.7 Å². The van der Waals surface area contributed by atoms with Gasteiger partial charge in [0, 0.05) is 97.4 Å². The molecular formula is C130H124N4OS. The van der Waals surface area contributed by atoms with Crippen LogP contribution in [0.4, 0.5) is 17.1 Å². The van der Waals surface area contributed by atoms with Gasteiger partial charge in [-0.1, -0.05) is 392 Å². The molecule has 5 heterocycles. The first-order chi connectivity index (χ1) is 65.3. The number of rotatable bonds is 7. The van der Waals surface area contributed by atoms with Crippen LogP contribution in [0.15, 0.2) is 429 Å². The number of hydrogen-bond donors (Lipinski definition) is 0. The Balaban J connectivity index is 0.000000110. The standard InChI is InChI=1S/C28H27N.C26H23N.2C22H21N.C16H16O.C16H16S/c1-28(2,3)24-18-14-22(15-19-24)23-16-20-27(21-17-23)29(25-10-6-4-7-11-25)26-12-8-5-9-13-26;1-26(2,3)19-14-16-23-22(17-19)25-21-12-8-7-9-18(21)13-15-24(25)27(23)20-10-5-4-6-11-20;1-22(2,3)16-13-14-21-19(15-16)18-11-7-8-12-20(18)23(21)17-9-5-4-6-10-17;1-22(2,3)16-13-14-19-18-11-7-8-12-20(18)23(21(19)15-16)17-9-5-4-6-10-17;2*1-16(2,3)11-8-9-15-13(10-11)12-6-4-5-7-14(12)17-15/h4-21H,1-3H3;4-17H,1-3H3;2*4-15H,1-3H3;2*4-10H,1-3H3. The fourth-order valence-electron chi connectivity index (χ4n) is 18.7. The summed E-state index contributed by atoms with van der Waals surface area (Å²) in [6.45, 7) is 40.7. The SMILES string of the molecule is CC(C)(C)c1ccc(-c2ccc(N(c3ccccc3)c3ccccc3)cc2)cc1.CC(C)(C)c1ccc2c(c1)c1c3ccccc3ccc1n2-c1ccccc1.CC(C)(C)c1ccc2c(c1)c1ccccc1n2-c1ccccc1.CC(C)(C)c1ccc2c3ccccc3n(-c3ccccc3)c2c1.CC(C)(C)c1ccc2oc3ccccc3c2c1.CC(C)(C)c1ccc2sc3ccccc3c2c1. The minimum absolute atomic E-state index is 0.125. The van der Waals surface area contributed by atoms with Crippen molar-refractivity contribution in [1.82, 2.24) is 13.7 Å². The summed E-state index contributed by atoms with van der Waals surface area (Å²) in [7, 11) is 0. The minimum Gasteiger partial charge on any atom is -0.456 e. The lowest BCUT2D eigenvalue weighted by Crippen LogP contribution is -2.10. The lowest BCUT2D eigenvalue weighted by molar-refractivity contribution is 0.590. The predicted molar refractivity (Wildman–Crippen MR) is 592 cm³/mol. The van der Waals surface area contributed by atoms with Gasteiger partial charge in [0.2, 0.25) is 0 Å². The van der Waals surface area contributed by atoms with Crippen molar-refractivity contribution in [3.05, 3.63) is 458 Å². The molecule has 0 radical (unpaired) electrons. The zero-order valence-electron chi connectivity index (χ0n) is 82.0. The first-order valence-electron chi connectivity index (χ1n) is 47.9. The molecule has 23 aromatic rings. The van der Waals surface area contributed by atoms with Crippen LogP contribution in [0.1, 0.15) is 158 Å². The fraction of sp³-hybridized carbons (Fsp3) is 0.185. The number of fused-ring (bicyclic) bond motifs is 17. The summed E-state index contributed by atoms with van der Waals surface area (Å²) in [6, 6.07) is 152. The van der Waals surface area contributed by atoms with E-state index in [9.17, 15) is 0 Å². The van der Waals surface area contributed by atoms with Crippen LogP contribution in [0, 0.1) is 0 Å². The van der Waals surface area contributed by atoms with Gasteiger partial charge in [-0.3, -0.25) is 0 Å². The number of hydrogen-bond acceptors (Lipinski definition) is 3. The average Bonchev–Trinajstić information content (AvgIpc) is 1.57. The predicted octanol–water partition coefficient (Wildman–Crippen LogP) is 37.8. The van der Waals surface area contributed by atoms with Crippen molar-refractivity contribution in [2.45, 2.75) is 157 Å². The van der Waals surface area contributed by atoms with Crippen molar-refractivity contribution < 1.29 is 4.42 Å². The number of thiophene rings is 1.